The van der Waals surface area contributed by atoms with Gasteiger partial charge in [-0.05, 0) is 36.4 Å². The molecular weight excluding hydrogens is 380 g/mol. The van der Waals surface area contributed by atoms with E-state index in [-0.39, 0.29) is 11.7 Å². The van der Waals surface area contributed by atoms with Crippen LogP contribution in [0.5, 0.6) is 0 Å². The highest BCUT2D eigenvalue weighted by molar-refractivity contribution is 6.11. The van der Waals surface area contributed by atoms with Gasteiger partial charge in [0, 0.05) is 22.3 Å². The standard InChI is InChI=1S/C22H20N6O2/c23-19(24)13-5-3-7-15(11-13)21(29)27-17-9-1-2-10-18(17)28-22(30)16-8-4-6-14(12-16)20(25)26/h1-12H,(H3,23,24)(H3,25,26)(H,27,29)(H,28,30). The van der Waals surface area contributed by atoms with Crippen molar-refractivity contribution in [2.45, 2.75) is 0 Å². The molecule has 3 aromatic carbocycles. The molecule has 0 bridgehead atoms. The Hall–Kier alpha value is -4.46. The first kappa shape index (κ1) is 20.3. The number of carbonyl (C=O) groups is 2. The first-order chi connectivity index (χ1) is 14.3. The van der Waals surface area contributed by atoms with Crippen molar-refractivity contribution in [1.82, 2.24) is 0 Å². The molecule has 0 saturated carbocycles. The summed E-state index contributed by atoms with van der Waals surface area (Å²) in [6.45, 7) is 0. The molecule has 8 nitrogen and oxygen atoms in total. The molecule has 0 aliphatic carbocycles. The monoisotopic (exact) mass is 400 g/mol. The quantitative estimate of drug-likeness (QED) is 0.278. The van der Waals surface area contributed by atoms with Gasteiger partial charge < -0.3 is 22.1 Å². The lowest BCUT2D eigenvalue weighted by Crippen LogP contribution is -2.18. The second-order valence-corrected chi connectivity index (χ2v) is 6.44. The van der Waals surface area contributed by atoms with Crippen molar-refractivity contribution in [3.63, 3.8) is 0 Å². The van der Waals surface area contributed by atoms with E-state index in [4.69, 9.17) is 22.3 Å². The Labute approximate surface area is 172 Å². The van der Waals surface area contributed by atoms with E-state index in [1.54, 1.807) is 60.7 Å². The molecule has 0 saturated heterocycles. The van der Waals surface area contributed by atoms with Crippen LogP contribution < -0.4 is 22.1 Å². The van der Waals surface area contributed by atoms with Crippen LogP contribution in [0.1, 0.15) is 31.8 Å². The Bertz CT molecular complexity index is 1070. The molecule has 0 fully saturated rings. The van der Waals surface area contributed by atoms with E-state index in [2.05, 4.69) is 10.6 Å². The molecule has 0 aliphatic rings. The van der Waals surface area contributed by atoms with Gasteiger partial charge in [-0.15, -0.1) is 0 Å². The van der Waals surface area contributed by atoms with Crippen LogP contribution in [0.15, 0.2) is 72.8 Å². The van der Waals surface area contributed by atoms with Crippen molar-refractivity contribution in [2.75, 3.05) is 10.6 Å². The molecular formula is C22H20N6O2. The Morgan fingerprint density at radius 3 is 1.33 bits per heavy atom. The van der Waals surface area contributed by atoms with Gasteiger partial charge in [0.25, 0.3) is 11.8 Å². The lowest BCUT2D eigenvalue weighted by Gasteiger charge is -2.13. The van der Waals surface area contributed by atoms with E-state index in [0.29, 0.717) is 33.6 Å². The highest BCUT2D eigenvalue weighted by Crippen LogP contribution is 2.23. The van der Waals surface area contributed by atoms with E-state index in [0.717, 1.165) is 0 Å². The number of amidine groups is 2. The fourth-order valence-corrected chi connectivity index (χ4v) is 2.75. The van der Waals surface area contributed by atoms with Gasteiger partial charge in [0.1, 0.15) is 11.7 Å². The largest absolute Gasteiger partial charge is 0.384 e. The predicted octanol–water partition coefficient (Wildman–Crippen LogP) is 2.76. The summed E-state index contributed by atoms with van der Waals surface area (Å²) in [4.78, 5) is 25.3. The van der Waals surface area contributed by atoms with Gasteiger partial charge in [0.15, 0.2) is 0 Å². The highest BCUT2D eigenvalue weighted by atomic mass is 16.2. The van der Waals surface area contributed by atoms with Gasteiger partial charge in [-0.3, -0.25) is 20.4 Å². The zero-order valence-electron chi connectivity index (χ0n) is 15.9. The first-order valence-electron chi connectivity index (χ1n) is 8.96. The van der Waals surface area contributed by atoms with Gasteiger partial charge in [-0.2, -0.15) is 0 Å². The third-order valence-corrected chi connectivity index (χ3v) is 4.29. The summed E-state index contributed by atoms with van der Waals surface area (Å²) in [5.74, 6) is -1.08. The highest BCUT2D eigenvalue weighted by Gasteiger charge is 2.13. The first-order valence-corrected chi connectivity index (χ1v) is 8.96. The van der Waals surface area contributed by atoms with Crippen LogP contribution in [0, 0.1) is 10.8 Å². The summed E-state index contributed by atoms with van der Waals surface area (Å²) in [6.07, 6.45) is 0. The second-order valence-electron chi connectivity index (χ2n) is 6.44. The SMILES string of the molecule is N=C(N)c1cccc(C(=O)Nc2ccccc2NC(=O)c2cccc(C(=N)N)c2)c1. The predicted molar refractivity (Wildman–Crippen MR) is 117 cm³/mol. The lowest BCUT2D eigenvalue weighted by atomic mass is 10.1. The Morgan fingerprint density at radius 1 is 0.600 bits per heavy atom. The molecule has 150 valence electrons. The molecule has 3 aromatic rings. The number of nitrogens with one attached hydrogen (secondary N) is 4. The maximum atomic E-state index is 12.6. The molecule has 0 radical (unpaired) electrons. The number of anilines is 2. The molecule has 0 aliphatic heterocycles. The fourth-order valence-electron chi connectivity index (χ4n) is 2.75. The summed E-state index contributed by atoms with van der Waals surface area (Å²) >= 11 is 0. The number of hydrogen-bond acceptors (Lipinski definition) is 4. The number of carbonyl (C=O) groups excluding carboxylic acids is 2. The summed E-state index contributed by atoms with van der Waals surface area (Å²) in [7, 11) is 0. The van der Waals surface area contributed by atoms with E-state index in [1.165, 1.54) is 12.1 Å². The number of hydrogen-bond donors (Lipinski definition) is 6. The molecule has 8 N–H and O–H groups in total. The van der Waals surface area contributed by atoms with Gasteiger partial charge in [-0.25, -0.2) is 0 Å². The van der Waals surface area contributed by atoms with Crippen LogP contribution >= 0.6 is 0 Å². The molecule has 0 heterocycles. The minimum absolute atomic E-state index is 0.134. The molecule has 0 aromatic heterocycles. The molecule has 2 amide bonds. The molecule has 3 rings (SSSR count). The third-order valence-electron chi connectivity index (χ3n) is 4.29. The average molecular weight is 400 g/mol. The number of amides is 2. The molecule has 8 heteroatoms. The minimum Gasteiger partial charge on any atom is -0.384 e. The van der Waals surface area contributed by atoms with Gasteiger partial charge in [0.05, 0.1) is 11.4 Å². The third kappa shape index (κ3) is 4.68. The average Bonchev–Trinajstić information content (AvgIpc) is 2.75. The zero-order valence-corrected chi connectivity index (χ0v) is 15.9. The Morgan fingerprint density at radius 2 is 0.967 bits per heavy atom. The topological polar surface area (TPSA) is 158 Å². The zero-order chi connectivity index (χ0) is 21.7. The van der Waals surface area contributed by atoms with E-state index in [9.17, 15) is 9.59 Å². The maximum Gasteiger partial charge on any atom is 0.255 e. The number of para-hydroxylation sites is 2. The Kier molecular flexibility index (Phi) is 5.88. The maximum absolute atomic E-state index is 12.6. The number of benzene rings is 3. The van der Waals surface area contributed by atoms with Crippen molar-refractivity contribution in [3.05, 3.63) is 95.1 Å². The second kappa shape index (κ2) is 8.70. The van der Waals surface area contributed by atoms with Gasteiger partial charge >= 0.3 is 0 Å². The van der Waals surface area contributed by atoms with Crippen molar-refractivity contribution in [2.24, 2.45) is 11.5 Å². The number of nitrogens with two attached hydrogens (primary N) is 2. The summed E-state index contributed by atoms with van der Waals surface area (Å²) < 4.78 is 0. The van der Waals surface area contributed by atoms with Gasteiger partial charge in [-0.1, -0.05) is 36.4 Å². The van der Waals surface area contributed by atoms with Crippen LogP contribution in [-0.2, 0) is 0 Å². The van der Waals surface area contributed by atoms with E-state index >= 15 is 0 Å². The summed E-state index contributed by atoms with van der Waals surface area (Å²) in [5.41, 5.74) is 13.3. The molecule has 0 atom stereocenters. The molecule has 0 spiro atoms. The summed E-state index contributed by atoms with van der Waals surface area (Å²) in [6, 6.07) is 19.6. The smallest absolute Gasteiger partial charge is 0.255 e. The molecule has 30 heavy (non-hydrogen) atoms. The van der Waals surface area contributed by atoms with E-state index in [1.807, 2.05) is 0 Å². The number of nitrogen functional groups attached to an aromatic ring is 2. The van der Waals surface area contributed by atoms with Crippen LogP contribution in [0.2, 0.25) is 0 Å². The Balaban J connectivity index is 1.81. The lowest BCUT2D eigenvalue weighted by molar-refractivity contribution is 0.101. The van der Waals surface area contributed by atoms with Gasteiger partial charge in [0.2, 0.25) is 0 Å². The minimum atomic E-state index is -0.404. The van der Waals surface area contributed by atoms with Crippen LogP contribution in [-0.4, -0.2) is 23.5 Å². The van der Waals surface area contributed by atoms with E-state index < -0.39 is 11.8 Å². The van der Waals surface area contributed by atoms with Crippen molar-refractivity contribution >= 4 is 34.9 Å². The fraction of sp³-hybridized carbons (Fsp3) is 0. The summed E-state index contributed by atoms with van der Waals surface area (Å²) in [5, 5.41) is 20.5. The normalized spacial score (nSPS) is 10.1. The van der Waals surface area contributed by atoms with Crippen LogP contribution in [0.25, 0.3) is 0 Å². The van der Waals surface area contributed by atoms with Crippen molar-refractivity contribution in [1.29, 1.82) is 10.8 Å². The number of rotatable bonds is 6. The van der Waals surface area contributed by atoms with Crippen molar-refractivity contribution < 1.29 is 9.59 Å². The van der Waals surface area contributed by atoms with Crippen LogP contribution in [0.3, 0.4) is 0 Å². The van der Waals surface area contributed by atoms with Crippen molar-refractivity contribution in [3.8, 4) is 0 Å². The molecule has 0 unspecified atom stereocenters. The van der Waals surface area contributed by atoms with Crippen LogP contribution in [0.4, 0.5) is 11.4 Å².